The van der Waals surface area contributed by atoms with Crippen LogP contribution >= 0.6 is 0 Å². The zero-order chi connectivity index (χ0) is 16.3. The minimum absolute atomic E-state index is 0.0462. The number of hydrazine groups is 1. The monoisotopic (exact) mass is 315 g/mol. The Kier molecular flexibility index (Phi) is 4.20. The molecule has 0 aliphatic carbocycles. The van der Waals surface area contributed by atoms with Crippen LogP contribution in [0.5, 0.6) is 0 Å². The second-order valence-corrected chi connectivity index (χ2v) is 4.49. The molecule has 0 aromatic heterocycles. The summed E-state index contributed by atoms with van der Waals surface area (Å²) in [7, 11) is 0. The van der Waals surface area contributed by atoms with Gasteiger partial charge in [-0.25, -0.2) is 25.4 Å². The molecule has 22 heavy (non-hydrogen) atoms. The number of hydrazone groups is 1. The van der Waals surface area contributed by atoms with Crippen molar-refractivity contribution in [3.8, 4) is 0 Å². The summed E-state index contributed by atoms with van der Waals surface area (Å²) in [6.45, 7) is 1.71. The lowest BCUT2D eigenvalue weighted by molar-refractivity contribution is -0.137. The maximum absolute atomic E-state index is 12.6. The van der Waals surface area contributed by atoms with Crippen molar-refractivity contribution in [1.82, 2.24) is 15.9 Å². The number of carbonyl (C=O) groups is 2. The van der Waals surface area contributed by atoms with Gasteiger partial charge < -0.3 is 5.32 Å². The van der Waals surface area contributed by atoms with Gasteiger partial charge in [-0.15, -0.1) is 0 Å². The molecule has 0 fully saturated rings. The van der Waals surface area contributed by atoms with Crippen molar-refractivity contribution in [3.63, 3.8) is 0 Å². The highest BCUT2D eigenvalue weighted by Gasteiger charge is 2.30. The molecule has 1 aromatic rings. The zero-order valence-electron chi connectivity index (χ0n) is 11.4. The highest BCUT2D eigenvalue weighted by molar-refractivity contribution is 5.95. The third-order valence-electron chi connectivity index (χ3n) is 2.66. The fourth-order valence-corrected chi connectivity index (χ4v) is 1.68. The second-order valence-electron chi connectivity index (χ2n) is 4.49. The van der Waals surface area contributed by atoms with Gasteiger partial charge in [-0.2, -0.15) is 18.3 Å². The van der Waals surface area contributed by atoms with Gasteiger partial charge in [0.15, 0.2) is 0 Å². The van der Waals surface area contributed by atoms with Crippen LogP contribution in [0.25, 0.3) is 0 Å². The predicted octanol–water partition coefficient (Wildman–Crippen LogP) is 2.14. The quantitative estimate of drug-likeness (QED) is 0.781. The topological polar surface area (TPSA) is 85.8 Å². The number of anilines is 1. The first-order valence-electron chi connectivity index (χ1n) is 6.11. The normalized spacial score (nSPS) is 15.0. The van der Waals surface area contributed by atoms with Crippen LogP contribution in [0.1, 0.15) is 12.5 Å². The average molecular weight is 315 g/mol. The molecular weight excluding hydrogens is 303 g/mol. The van der Waals surface area contributed by atoms with Crippen molar-refractivity contribution < 1.29 is 22.8 Å². The van der Waals surface area contributed by atoms with Crippen LogP contribution in [-0.2, 0) is 6.18 Å². The van der Waals surface area contributed by atoms with Crippen LogP contribution in [0.2, 0.25) is 0 Å². The summed E-state index contributed by atoms with van der Waals surface area (Å²) in [6, 6.07) is 2.67. The summed E-state index contributed by atoms with van der Waals surface area (Å²) in [5.74, 6) is 0. The number of carbonyl (C=O) groups excluding carboxylic acids is 2. The summed E-state index contributed by atoms with van der Waals surface area (Å²) in [5.41, 5.74) is 4.00. The number of urea groups is 2. The van der Waals surface area contributed by atoms with E-state index in [0.29, 0.717) is 5.71 Å². The third kappa shape index (κ3) is 3.87. The van der Waals surface area contributed by atoms with E-state index in [-0.39, 0.29) is 12.2 Å². The van der Waals surface area contributed by atoms with Gasteiger partial charge in [0, 0.05) is 5.69 Å². The minimum Gasteiger partial charge on any atom is -0.307 e. The molecule has 3 N–H and O–H groups in total. The van der Waals surface area contributed by atoms with Crippen LogP contribution in [0.15, 0.2) is 29.4 Å². The van der Waals surface area contributed by atoms with Crippen molar-refractivity contribution in [2.24, 2.45) is 5.10 Å². The molecule has 0 atom stereocenters. The second kappa shape index (κ2) is 5.92. The Bertz CT molecular complexity index is 629. The number of amides is 4. The molecule has 118 valence electrons. The van der Waals surface area contributed by atoms with E-state index in [1.807, 2.05) is 0 Å². The molecule has 0 saturated heterocycles. The molecule has 1 aliphatic rings. The number of hydrogen-bond donors (Lipinski definition) is 3. The van der Waals surface area contributed by atoms with Gasteiger partial charge in [-0.1, -0.05) is 6.07 Å². The molecule has 4 amide bonds. The van der Waals surface area contributed by atoms with E-state index in [9.17, 15) is 22.8 Å². The maximum atomic E-state index is 12.6. The number of nitrogens with one attached hydrogen (secondary N) is 3. The van der Waals surface area contributed by atoms with Gasteiger partial charge in [-0.3, -0.25) is 0 Å². The van der Waals surface area contributed by atoms with Gasteiger partial charge >= 0.3 is 18.2 Å². The maximum Gasteiger partial charge on any atom is 0.416 e. The molecule has 10 heteroatoms. The van der Waals surface area contributed by atoms with Gasteiger partial charge in [-0.05, 0) is 25.1 Å². The molecule has 1 heterocycles. The molecule has 2 rings (SSSR count). The summed E-state index contributed by atoms with van der Waals surface area (Å²) >= 11 is 0. The largest absolute Gasteiger partial charge is 0.416 e. The van der Waals surface area contributed by atoms with E-state index in [4.69, 9.17) is 0 Å². The molecule has 1 aromatic carbocycles. The lowest BCUT2D eigenvalue weighted by Gasteiger charge is -2.25. The van der Waals surface area contributed by atoms with Crippen molar-refractivity contribution in [2.45, 2.75) is 13.1 Å². The van der Waals surface area contributed by atoms with E-state index in [2.05, 4.69) is 21.3 Å². The van der Waals surface area contributed by atoms with Crippen LogP contribution in [0.4, 0.5) is 28.4 Å². The average Bonchev–Trinajstić information content (AvgIpc) is 2.42. The number of benzene rings is 1. The van der Waals surface area contributed by atoms with E-state index in [1.54, 1.807) is 6.92 Å². The van der Waals surface area contributed by atoms with Crippen LogP contribution in [0.3, 0.4) is 0 Å². The van der Waals surface area contributed by atoms with Crippen LogP contribution < -0.4 is 16.2 Å². The van der Waals surface area contributed by atoms with Crippen molar-refractivity contribution in [1.29, 1.82) is 0 Å². The summed E-state index contributed by atoms with van der Waals surface area (Å²) in [6.07, 6.45) is -4.51. The van der Waals surface area contributed by atoms with Gasteiger partial charge in [0.05, 0.1) is 17.8 Å². The Morgan fingerprint density at radius 2 is 2.14 bits per heavy atom. The first-order chi connectivity index (χ1) is 10.3. The SMILES string of the molecule is CC1=NNC(=O)N(NC(=O)Nc2cccc(C(F)(F)F)c2)C1. The van der Waals surface area contributed by atoms with Crippen LogP contribution in [-0.4, -0.2) is 29.3 Å². The molecule has 0 saturated carbocycles. The van der Waals surface area contributed by atoms with Gasteiger partial charge in [0.25, 0.3) is 0 Å². The van der Waals surface area contributed by atoms with E-state index >= 15 is 0 Å². The standard InChI is InChI=1S/C12H12F3N5O2/c1-7-6-20(11(22)18-17-7)19-10(21)16-9-4-2-3-8(5-9)12(13,14)15/h2-5H,6H2,1H3,(H,18,22)(H2,16,19,21). The fourth-order valence-electron chi connectivity index (χ4n) is 1.68. The first-order valence-corrected chi connectivity index (χ1v) is 6.11. The Morgan fingerprint density at radius 1 is 1.41 bits per heavy atom. The van der Waals surface area contributed by atoms with Crippen molar-refractivity contribution in [3.05, 3.63) is 29.8 Å². The molecule has 0 spiro atoms. The number of halogens is 3. The fraction of sp³-hybridized carbons (Fsp3) is 0.250. The lowest BCUT2D eigenvalue weighted by atomic mass is 10.2. The molecule has 0 unspecified atom stereocenters. The number of rotatable bonds is 2. The van der Waals surface area contributed by atoms with Crippen molar-refractivity contribution in [2.75, 3.05) is 11.9 Å². The van der Waals surface area contributed by atoms with Crippen molar-refractivity contribution >= 4 is 23.5 Å². The number of alkyl halides is 3. The lowest BCUT2D eigenvalue weighted by Crippen LogP contribution is -2.55. The van der Waals surface area contributed by atoms with E-state index in [1.165, 1.54) is 12.1 Å². The molecule has 7 nitrogen and oxygen atoms in total. The Balaban J connectivity index is 2.01. The highest BCUT2D eigenvalue weighted by Crippen LogP contribution is 2.30. The Labute approximate surface area is 123 Å². The molecule has 1 aliphatic heterocycles. The number of hydrogen-bond acceptors (Lipinski definition) is 3. The first kappa shape index (κ1) is 15.6. The predicted molar refractivity (Wildman–Crippen MR) is 71.9 cm³/mol. The minimum atomic E-state index is -4.51. The molecular formula is C12H12F3N5O2. The molecule has 0 bridgehead atoms. The zero-order valence-corrected chi connectivity index (χ0v) is 11.4. The smallest absolute Gasteiger partial charge is 0.307 e. The Hall–Kier alpha value is -2.78. The van der Waals surface area contributed by atoms with E-state index in [0.717, 1.165) is 17.1 Å². The summed E-state index contributed by atoms with van der Waals surface area (Å²) < 4.78 is 37.7. The highest BCUT2D eigenvalue weighted by atomic mass is 19.4. The summed E-state index contributed by atoms with van der Waals surface area (Å²) in [5, 5.41) is 6.84. The van der Waals surface area contributed by atoms with E-state index < -0.39 is 23.8 Å². The summed E-state index contributed by atoms with van der Waals surface area (Å²) in [4.78, 5) is 23.2. The molecule has 0 radical (unpaired) electrons. The van der Waals surface area contributed by atoms with Gasteiger partial charge in [0.2, 0.25) is 0 Å². The van der Waals surface area contributed by atoms with Crippen LogP contribution in [0, 0.1) is 0 Å². The third-order valence-corrected chi connectivity index (χ3v) is 2.66. The number of nitrogens with zero attached hydrogens (tertiary/aromatic N) is 2. The Morgan fingerprint density at radius 3 is 2.82 bits per heavy atom. The van der Waals surface area contributed by atoms with Gasteiger partial charge in [0.1, 0.15) is 0 Å².